The first kappa shape index (κ1) is 19.7. The third-order valence-corrected chi connectivity index (χ3v) is 5.29. The van der Waals surface area contributed by atoms with E-state index in [-0.39, 0.29) is 12.4 Å². The van der Waals surface area contributed by atoms with Gasteiger partial charge in [-0.05, 0) is 36.4 Å². The molecule has 0 unspecified atom stereocenters. The van der Waals surface area contributed by atoms with Gasteiger partial charge in [-0.15, -0.1) is 16.8 Å². The molecule has 0 aliphatic rings. The summed E-state index contributed by atoms with van der Waals surface area (Å²) < 4.78 is 21.6. The highest BCUT2D eigenvalue weighted by atomic mass is 35.5. The van der Waals surface area contributed by atoms with Crippen LogP contribution in [0.15, 0.2) is 60.3 Å². The Balaban J connectivity index is 1.72. The van der Waals surface area contributed by atoms with Crippen molar-refractivity contribution in [1.29, 1.82) is 0 Å². The highest BCUT2D eigenvalue weighted by Gasteiger charge is 2.15. The molecule has 0 radical (unpaired) electrons. The monoisotopic (exact) mass is 423 g/mol. The van der Waals surface area contributed by atoms with E-state index in [2.05, 4.69) is 16.8 Å². The first-order valence-electron chi connectivity index (χ1n) is 8.05. The van der Waals surface area contributed by atoms with Gasteiger partial charge in [-0.2, -0.15) is 0 Å². The van der Waals surface area contributed by atoms with Crippen molar-refractivity contribution in [3.63, 3.8) is 0 Å². The normalized spacial score (nSPS) is 10.8. The van der Waals surface area contributed by atoms with Crippen molar-refractivity contribution in [2.45, 2.75) is 24.1 Å². The molecular weight excluding hydrogens is 408 g/mol. The van der Waals surface area contributed by atoms with Crippen LogP contribution in [-0.4, -0.2) is 14.8 Å². The number of nitrogens with zero attached hydrogens (tertiary/aromatic N) is 3. The summed E-state index contributed by atoms with van der Waals surface area (Å²) in [5, 5.41) is 10.1. The zero-order valence-electron chi connectivity index (χ0n) is 14.2. The van der Waals surface area contributed by atoms with Crippen LogP contribution in [0.4, 0.5) is 4.39 Å². The lowest BCUT2D eigenvalue weighted by molar-refractivity contribution is 0.289. The molecule has 0 aliphatic heterocycles. The summed E-state index contributed by atoms with van der Waals surface area (Å²) >= 11 is 13.3. The molecule has 27 heavy (non-hydrogen) atoms. The van der Waals surface area contributed by atoms with Crippen molar-refractivity contribution in [3.05, 3.63) is 82.4 Å². The van der Waals surface area contributed by atoms with Gasteiger partial charge in [0.1, 0.15) is 18.2 Å². The van der Waals surface area contributed by atoms with E-state index in [0.29, 0.717) is 44.6 Å². The molecule has 0 spiro atoms. The summed E-state index contributed by atoms with van der Waals surface area (Å²) in [7, 11) is 0. The molecule has 2 aromatic carbocycles. The van der Waals surface area contributed by atoms with Crippen molar-refractivity contribution < 1.29 is 9.13 Å². The van der Waals surface area contributed by atoms with Gasteiger partial charge < -0.3 is 4.74 Å². The third-order valence-electron chi connectivity index (χ3n) is 3.69. The number of rotatable bonds is 8. The number of hydrogen-bond acceptors (Lipinski definition) is 4. The Hall–Kier alpha value is -2.02. The van der Waals surface area contributed by atoms with Gasteiger partial charge in [-0.1, -0.05) is 47.1 Å². The average Bonchev–Trinajstić information content (AvgIpc) is 3.03. The van der Waals surface area contributed by atoms with Gasteiger partial charge in [0.25, 0.3) is 0 Å². The molecular formula is C19H16Cl2FN3OS. The van der Waals surface area contributed by atoms with Gasteiger partial charge in [0.15, 0.2) is 11.0 Å². The van der Waals surface area contributed by atoms with Gasteiger partial charge in [0, 0.05) is 27.9 Å². The standard InChI is InChI=1S/C19H16Cl2FN3OS/c1-2-10-25-18(11-26-14-8-6-13(20)7-9-14)23-24-19(25)27-12-15-16(21)4-3-5-17(15)22/h2-9H,1,10-12H2. The van der Waals surface area contributed by atoms with Gasteiger partial charge >= 0.3 is 0 Å². The van der Waals surface area contributed by atoms with Crippen LogP contribution in [0.25, 0.3) is 0 Å². The van der Waals surface area contributed by atoms with E-state index in [0.717, 1.165) is 0 Å². The maximum absolute atomic E-state index is 14.0. The molecule has 4 nitrogen and oxygen atoms in total. The van der Waals surface area contributed by atoms with Crippen LogP contribution < -0.4 is 4.74 Å². The van der Waals surface area contributed by atoms with Crippen molar-refractivity contribution >= 4 is 35.0 Å². The molecule has 1 heterocycles. The molecule has 0 saturated carbocycles. The molecule has 0 fully saturated rings. The molecule has 1 aromatic heterocycles. The number of halogens is 3. The Morgan fingerprint density at radius 2 is 1.93 bits per heavy atom. The van der Waals surface area contributed by atoms with Crippen molar-refractivity contribution in [2.75, 3.05) is 0 Å². The Bertz CT molecular complexity index is 911. The van der Waals surface area contributed by atoms with E-state index in [9.17, 15) is 4.39 Å². The zero-order chi connectivity index (χ0) is 19.2. The molecule has 0 saturated heterocycles. The lowest BCUT2D eigenvalue weighted by Gasteiger charge is -2.10. The van der Waals surface area contributed by atoms with Crippen molar-refractivity contribution in [2.24, 2.45) is 0 Å². The largest absolute Gasteiger partial charge is 0.486 e. The first-order chi connectivity index (χ1) is 13.1. The second-order valence-corrected chi connectivity index (χ2v) is 7.32. The van der Waals surface area contributed by atoms with E-state index >= 15 is 0 Å². The summed E-state index contributed by atoms with van der Waals surface area (Å²) in [5.74, 6) is 1.33. The first-order valence-corrected chi connectivity index (χ1v) is 9.79. The maximum atomic E-state index is 14.0. The average molecular weight is 424 g/mol. The summed E-state index contributed by atoms with van der Waals surface area (Å²) in [4.78, 5) is 0. The minimum atomic E-state index is -0.337. The predicted octanol–water partition coefficient (Wildman–Crippen LogP) is 5.78. The highest BCUT2D eigenvalue weighted by molar-refractivity contribution is 7.98. The second-order valence-electron chi connectivity index (χ2n) is 5.53. The minimum absolute atomic E-state index is 0.240. The molecule has 0 amide bonds. The number of ether oxygens (including phenoxy) is 1. The van der Waals surface area contributed by atoms with Crippen molar-refractivity contribution in [3.8, 4) is 5.75 Å². The number of hydrogen-bond donors (Lipinski definition) is 0. The summed E-state index contributed by atoms with van der Waals surface area (Å²) in [6.07, 6.45) is 1.75. The van der Waals surface area contributed by atoms with Crippen LogP contribution in [-0.2, 0) is 18.9 Å². The lowest BCUT2D eigenvalue weighted by Crippen LogP contribution is -2.07. The van der Waals surface area contributed by atoms with Gasteiger partial charge in [-0.3, -0.25) is 4.57 Å². The lowest BCUT2D eigenvalue weighted by atomic mass is 10.2. The molecule has 3 rings (SSSR count). The quantitative estimate of drug-likeness (QED) is 0.340. The second kappa shape index (κ2) is 9.26. The van der Waals surface area contributed by atoms with Gasteiger partial charge in [-0.25, -0.2) is 4.39 Å². The van der Waals surface area contributed by atoms with E-state index < -0.39 is 0 Å². The molecule has 0 N–H and O–H groups in total. The summed E-state index contributed by atoms with van der Waals surface area (Å²) in [6, 6.07) is 11.7. The molecule has 140 valence electrons. The predicted molar refractivity (Wildman–Crippen MR) is 107 cm³/mol. The van der Waals surface area contributed by atoms with Crippen LogP contribution >= 0.6 is 35.0 Å². The van der Waals surface area contributed by atoms with Crippen LogP contribution in [0.3, 0.4) is 0 Å². The van der Waals surface area contributed by atoms with Crippen molar-refractivity contribution in [1.82, 2.24) is 14.8 Å². The van der Waals surface area contributed by atoms with Crippen LogP contribution in [0, 0.1) is 5.82 Å². The summed E-state index contributed by atoms with van der Waals surface area (Å²) in [5.41, 5.74) is 0.441. The van der Waals surface area contributed by atoms with Gasteiger partial charge in [0.2, 0.25) is 0 Å². The van der Waals surface area contributed by atoms with Crippen LogP contribution in [0.5, 0.6) is 5.75 Å². The van der Waals surface area contributed by atoms with Gasteiger partial charge in [0.05, 0.1) is 0 Å². The smallest absolute Gasteiger partial charge is 0.191 e. The van der Waals surface area contributed by atoms with E-state index in [1.165, 1.54) is 17.8 Å². The number of thioether (sulfide) groups is 1. The maximum Gasteiger partial charge on any atom is 0.191 e. The van der Waals surface area contributed by atoms with Crippen LogP contribution in [0.1, 0.15) is 11.4 Å². The van der Waals surface area contributed by atoms with E-state index in [4.69, 9.17) is 27.9 Å². The SMILES string of the molecule is C=CCn1c(COc2ccc(Cl)cc2)nnc1SCc1c(F)cccc1Cl. The fourth-order valence-corrected chi connectivity index (χ4v) is 3.77. The number of benzene rings is 2. The van der Waals surface area contributed by atoms with Crippen LogP contribution in [0.2, 0.25) is 10.0 Å². The number of allylic oxidation sites excluding steroid dienone is 1. The molecule has 0 aliphatic carbocycles. The van der Waals surface area contributed by atoms with E-state index in [1.807, 2.05) is 4.57 Å². The summed E-state index contributed by atoms with van der Waals surface area (Å²) in [6.45, 7) is 4.52. The Morgan fingerprint density at radius 3 is 2.63 bits per heavy atom. The molecule has 0 bridgehead atoms. The Kier molecular flexibility index (Phi) is 6.77. The minimum Gasteiger partial charge on any atom is -0.486 e. The molecule has 3 aromatic rings. The Morgan fingerprint density at radius 1 is 1.15 bits per heavy atom. The fraction of sp³-hybridized carbons (Fsp3) is 0.158. The molecule has 0 atom stereocenters. The highest BCUT2D eigenvalue weighted by Crippen LogP contribution is 2.28. The number of aromatic nitrogens is 3. The Labute approximate surface area is 171 Å². The van der Waals surface area contributed by atoms with E-state index in [1.54, 1.807) is 42.5 Å². The topological polar surface area (TPSA) is 39.9 Å². The zero-order valence-corrected chi connectivity index (χ0v) is 16.6. The third kappa shape index (κ3) is 5.03. The fourth-order valence-electron chi connectivity index (χ4n) is 2.33. The molecule has 8 heteroatoms.